The Kier molecular flexibility index (Phi) is 3.31. The standard InChI is InChI=1S/C14H15N3OS/c1-9(2)15-8-13-16-14(18-17-13)12-7-10-5-3-4-6-11(10)19-12/h3-7,9,15H,8H2,1-2H3. The zero-order valence-electron chi connectivity index (χ0n) is 10.9. The fraction of sp³-hybridized carbons (Fsp3) is 0.286. The van der Waals surface area contributed by atoms with E-state index in [0.717, 1.165) is 4.88 Å². The summed E-state index contributed by atoms with van der Waals surface area (Å²) >= 11 is 1.67. The zero-order chi connectivity index (χ0) is 13.2. The molecule has 0 spiro atoms. The van der Waals surface area contributed by atoms with Gasteiger partial charge in [0.05, 0.1) is 11.4 Å². The third-order valence-corrected chi connectivity index (χ3v) is 3.88. The van der Waals surface area contributed by atoms with Crippen LogP contribution in [0, 0.1) is 0 Å². The van der Waals surface area contributed by atoms with Crippen LogP contribution in [0.15, 0.2) is 34.9 Å². The molecule has 98 valence electrons. The smallest absolute Gasteiger partial charge is 0.268 e. The third kappa shape index (κ3) is 2.67. The summed E-state index contributed by atoms with van der Waals surface area (Å²) in [5.41, 5.74) is 0. The van der Waals surface area contributed by atoms with Crippen molar-refractivity contribution in [3.8, 4) is 10.8 Å². The maximum Gasteiger partial charge on any atom is 0.268 e. The van der Waals surface area contributed by atoms with Crippen LogP contribution in [0.3, 0.4) is 0 Å². The molecule has 1 aromatic carbocycles. The minimum atomic E-state index is 0.409. The van der Waals surface area contributed by atoms with E-state index in [2.05, 4.69) is 47.5 Å². The van der Waals surface area contributed by atoms with Gasteiger partial charge in [-0.05, 0) is 17.5 Å². The van der Waals surface area contributed by atoms with Gasteiger partial charge in [-0.2, -0.15) is 4.98 Å². The molecule has 3 rings (SSSR count). The molecule has 2 aromatic heterocycles. The van der Waals surface area contributed by atoms with Crippen molar-refractivity contribution in [1.82, 2.24) is 15.5 Å². The molecular weight excluding hydrogens is 258 g/mol. The highest BCUT2D eigenvalue weighted by molar-refractivity contribution is 7.22. The van der Waals surface area contributed by atoms with Gasteiger partial charge >= 0.3 is 0 Å². The van der Waals surface area contributed by atoms with E-state index in [4.69, 9.17) is 4.52 Å². The monoisotopic (exact) mass is 273 g/mol. The molecule has 0 saturated heterocycles. The van der Waals surface area contributed by atoms with Crippen molar-refractivity contribution < 1.29 is 4.52 Å². The van der Waals surface area contributed by atoms with Crippen LogP contribution in [0.5, 0.6) is 0 Å². The first-order valence-electron chi connectivity index (χ1n) is 6.27. The van der Waals surface area contributed by atoms with Gasteiger partial charge in [-0.15, -0.1) is 11.3 Å². The Morgan fingerprint density at radius 3 is 2.95 bits per heavy atom. The topological polar surface area (TPSA) is 51.0 Å². The van der Waals surface area contributed by atoms with Crippen LogP contribution in [-0.4, -0.2) is 16.2 Å². The number of fused-ring (bicyclic) bond motifs is 1. The highest BCUT2D eigenvalue weighted by atomic mass is 32.1. The Hall–Kier alpha value is -1.72. The second-order valence-corrected chi connectivity index (χ2v) is 5.78. The van der Waals surface area contributed by atoms with Gasteiger partial charge in [0.1, 0.15) is 0 Å². The van der Waals surface area contributed by atoms with Crippen molar-refractivity contribution in [2.24, 2.45) is 0 Å². The molecule has 0 fully saturated rings. The van der Waals surface area contributed by atoms with Crippen molar-refractivity contribution in [1.29, 1.82) is 0 Å². The number of hydrogen-bond donors (Lipinski definition) is 1. The molecule has 19 heavy (non-hydrogen) atoms. The number of aromatic nitrogens is 2. The van der Waals surface area contributed by atoms with Crippen LogP contribution >= 0.6 is 11.3 Å². The molecule has 2 heterocycles. The van der Waals surface area contributed by atoms with Gasteiger partial charge in [0.15, 0.2) is 5.82 Å². The van der Waals surface area contributed by atoms with Crippen molar-refractivity contribution in [2.75, 3.05) is 0 Å². The minimum absolute atomic E-state index is 0.409. The van der Waals surface area contributed by atoms with Crippen molar-refractivity contribution in [3.05, 3.63) is 36.2 Å². The lowest BCUT2D eigenvalue weighted by atomic mass is 10.2. The number of benzene rings is 1. The predicted molar refractivity (Wildman–Crippen MR) is 77.1 cm³/mol. The first-order chi connectivity index (χ1) is 9.22. The summed E-state index contributed by atoms with van der Waals surface area (Å²) < 4.78 is 6.56. The molecule has 0 aliphatic heterocycles. The molecular formula is C14H15N3OS. The Morgan fingerprint density at radius 2 is 2.16 bits per heavy atom. The van der Waals surface area contributed by atoms with Crippen molar-refractivity contribution in [2.45, 2.75) is 26.4 Å². The average molecular weight is 273 g/mol. The van der Waals surface area contributed by atoms with Gasteiger partial charge in [-0.1, -0.05) is 37.2 Å². The maximum atomic E-state index is 5.32. The molecule has 0 atom stereocenters. The van der Waals surface area contributed by atoms with Gasteiger partial charge in [-0.3, -0.25) is 0 Å². The molecule has 0 aliphatic carbocycles. The number of hydrogen-bond acceptors (Lipinski definition) is 5. The van der Waals surface area contributed by atoms with E-state index >= 15 is 0 Å². The number of rotatable bonds is 4. The normalized spacial score (nSPS) is 11.5. The lowest BCUT2D eigenvalue weighted by Gasteiger charge is -2.02. The summed E-state index contributed by atoms with van der Waals surface area (Å²) in [5.74, 6) is 1.29. The third-order valence-electron chi connectivity index (χ3n) is 2.77. The molecule has 0 radical (unpaired) electrons. The van der Waals surface area contributed by atoms with E-state index in [1.165, 1.54) is 10.1 Å². The van der Waals surface area contributed by atoms with Gasteiger partial charge in [-0.25, -0.2) is 0 Å². The molecule has 3 aromatic rings. The summed E-state index contributed by atoms with van der Waals surface area (Å²) in [6.45, 7) is 4.81. The second-order valence-electron chi connectivity index (χ2n) is 4.70. The molecule has 1 N–H and O–H groups in total. The molecule has 0 amide bonds. The lowest BCUT2D eigenvalue weighted by Crippen LogP contribution is -2.22. The Morgan fingerprint density at radius 1 is 1.32 bits per heavy atom. The first kappa shape index (κ1) is 12.3. The molecule has 0 aliphatic rings. The highest BCUT2D eigenvalue weighted by Gasteiger charge is 2.12. The fourth-order valence-electron chi connectivity index (χ4n) is 1.81. The highest BCUT2D eigenvalue weighted by Crippen LogP contribution is 2.32. The van der Waals surface area contributed by atoms with Crippen LogP contribution in [0.1, 0.15) is 19.7 Å². The molecule has 0 bridgehead atoms. The van der Waals surface area contributed by atoms with E-state index in [1.807, 2.05) is 12.1 Å². The zero-order valence-corrected chi connectivity index (χ0v) is 11.7. The van der Waals surface area contributed by atoms with Crippen LogP contribution < -0.4 is 5.32 Å². The molecule has 5 heteroatoms. The molecule has 0 saturated carbocycles. The number of thiophene rings is 1. The molecule has 4 nitrogen and oxygen atoms in total. The van der Waals surface area contributed by atoms with Gasteiger partial charge < -0.3 is 9.84 Å². The fourth-order valence-corrected chi connectivity index (χ4v) is 2.79. The Labute approximate surface area is 115 Å². The minimum Gasteiger partial charge on any atom is -0.333 e. The SMILES string of the molecule is CC(C)NCc1noc(-c2cc3ccccc3s2)n1. The van der Waals surface area contributed by atoms with Crippen molar-refractivity contribution in [3.63, 3.8) is 0 Å². The Bertz CT molecular complexity index is 654. The maximum absolute atomic E-state index is 5.32. The van der Waals surface area contributed by atoms with Gasteiger partial charge in [0, 0.05) is 10.7 Å². The number of nitrogens with zero attached hydrogens (tertiary/aromatic N) is 2. The summed E-state index contributed by atoms with van der Waals surface area (Å²) in [5, 5.41) is 8.48. The van der Waals surface area contributed by atoms with Gasteiger partial charge in [0.25, 0.3) is 5.89 Å². The molecule has 0 unspecified atom stereocenters. The quantitative estimate of drug-likeness (QED) is 0.791. The Balaban J connectivity index is 1.85. The van der Waals surface area contributed by atoms with Crippen LogP contribution in [-0.2, 0) is 6.54 Å². The summed E-state index contributed by atoms with van der Waals surface area (Å²) in [6, 6.07) is 10.8. The summed E-state index contributed by atoms with van der Waals surface area (Å²) in [4.78, 5) is 5.44. The van der Waals surface area contributed by atoms with E-state index in [1.54, 1.807) is 11.3 Å². The van der Waals surface area contributed by atoms with E-state index < -0.39 is 0 Å². The van der Waals surface area contributed by atoms with Crippen molar-refractivity contribution >= 4 is 21.4 Å². The summed E-state index contributed by atoms with van der Waals surface area (Å²) in [6.07, 6.45) is 0. The average Bonchev–Trinajstić information content (AvgIpc) is 3.02. The number of nitrogens with one attached hydrogen (secondary N) is 1. The summed E-state index contributed by atoms with van der Waals surface area (Å²) in [7, 11) is 0. The van der Waals surface area contributed by atoms with E-state index in [9.17, 15) is 0 Å². The van der Waals surface area contributed by atoms with E-state index in [0.29, 0.717) is 24.3 Å². The van der Waals surface area contributed by atoms with E-state index in [-0.39, 0.29) is 0 Å². The lowest BCUT2D eigenvalue weighted by molar-refractivity contribution is 0.418. The largest absolute Gasteiger partial charge is 0.333 e. The van der Waals surface area contributed by atoms with Crippen LogP contribution in [0.4, 0.5) is 0 Å². The van der Waals surface area contributed by atoms with Crippen LogP contribution in [0.2, 0.25) is 0 Å². The second kappa shape index (κ2) is 5.11. The predicted octanol–water partition coefficient (Wildman–Crippen LogP) is 3.45. The van der Waals surface area contributed by atoms with Crippen LogP contribution in [0.25, 0.3) is 20.9 Å². The van der Waals surface area contributed by atoms with Gasteiger partial charge in [0.2, 0.25) is 0 Å². The first-order valence-corrected chi connectivity index (χ1v) is 7.09.